The SMILES string of the molecule is CCCCCCCc1ccc(C=CC(=O)O)cc1OC. The van der Waals surface area contributed by atoms with Crippen molar-refractivity contribution in [3.05, 3.63) is 35.4 Å². The van der Waals surface area contributed by atoms with E-state index in [1.165, 1.54) is 37.7 Å². The summed E-state index contributed by atoms with van der Waals surface area (Å²) in [4.78, 5) is 10.5. The molecule has 0 amide bonds. The van der Waals surface area contributed by atoms with Crippen LogP contribution in [0.3, 0.4) is 0 Å². The van der Waals surface area contributed by atoms with Crippen LogP contribution in [0.1, 0.15) is 50.2 Å². The van der Waals surface area contributed by atoms with Gasteiger partial charge in [0.05, 0.1) is 7.11 Å². The summed E-state index contributed by atoms with van der Waals surface area (Å²) in [5.74, 6) is -0.100. The second kappa shape index (κ2) is 9.18. The number of unbranched alkanes of at least 4 members (excludes halogenated alkanes) is 4. The zero-order valence-electron chi connectivity index (χ0n) is 12.4. The fourth-order valence-electron chi connectivity index (χ4n) is 2.16. The van der Waals surface area contributed by atoms with Crippen LogP contribution in [-0.2, 0) is 11.2 Å². The Morgan fingerprint density at radius 3 is 2.65 bits per heavy atom. The first kappa shape index (κ1) is 16.3. The van der Waals surface area contributed by atoms with E-state index in [1.54, 1.807) is 13.2 Å². The van der Waals surface area contributed by atoms with Crippen molar-refractivity contribution in [2.45, 2.75) is 45.4 Å². The van der Waals surface area contributed by atoms with Crippen LogP contribution in [0.5, 0.6) is 5.75 Å². The van der Waals surface area contributed by atoms with E-state index in [0.717, 1.165) is 23.8 Å². The van der Waals surface area contributed by atoms with Crippen molar-refractivity contribution < 1.29 is 14.6 Å². The molecule has 110 valence electrons. The number of benzene rings is 1. The zero-order chi connectivity index (χ0) is 14.8. The molecule has 0 aliphatic rings. The third-order valence-electron chi connectivity index (χ3n) is 3.28. The summed E-state index contributed by atoms with van der Waals surface area (Å²) in [7, 11) is 1.65. The lowest BCUT2D eigenvalue weighted by atomic mass is 10.0. The van der Waals surface area contributed by atoms with Gasteiger partial charge < -0.3 is 9.84 Å². The second-order valence-corrected chi connectivity index (χ2v) is 4.91. The van der Waals surface area contributed by atoms with Gasteiger partial charge in [-0.05, 0) is 36.1 Å². The second-order valence-electron chi connectivity index (χ2n) is 4.91. The van der Waals surface area contributed by atoms with E-state index < -0.39 is 5.97 Å². The molecule has 0 saturated carbocycles. The Kier molecular flexibility index (Phi) is 7.48. The van der Waals surface area contributed by atoms with E-state index in [4.69, 9.17) is 9.84 Å². The molecule has 1 rings (SSSR count). The molecular formula is C17H24O3. The van der Waals surface area contributed by atoms with Gasteiger partial charge in [-0.3, -0.25) is 0 Å². The molecule has 0 heterocycles. The van der Waals surface area contributed by atoms with Gasteiger partial charge in [-0.1, -0.05) is 44.7 Å². The minimum atomic E-state index is -0.941. The van der Waals surface area contributed by atoms with Gasteiger partial charge in [0.15, 0.2) is 0 Å². The van der Waals surface area contributed by atoms with Crippen molar-refractivity contribution in [1.29, 1.82) is 0 Å². The van der Waals surface area contributed by atoms with Crippen molar-refractivity contribution in [2.24, 2.45) is 0 Å². The van der Waals surface area contributed by atoms with Crippen LogP contribution < -0.4 is 4.74 Å². The normalized spacial score (nSPS) is 10.9. The summed E-state index contributed by atoms with van der Waals surface area (Å²) in [6.45, 7) is 2.21. The topological polar surface area (TPSA) is 46.5 Å². The minimum absolute atomic E-state index is 0.841. The third-order valence-corrected chi connectivity index (χ3v) is 3.28. The van der Waals surface area contributed by atoms with Crippen LogP contribution in [-0.4, -0.2) is 18.2 Å². The Balaban J connectivity index is 2.61. The van der Waals surface area contributed by atoms with E-state index in [2.05, 4.69) is 6.92 Å². The number of methoxy groups -OCH3 is 1. The smallest absolute Gasteiger partial charge is 0.328 e. The molecule has 1 N–H and O–H groups in total. The Morgan fingerprint density at radius 1 is 1.25 bits per heavy atom. The van der Waals surface area contributed by atoms with Crippen molar-refractivity contribution >= 4 is 12.0 Å². The van der Waals surface area contributed by atoms with Crippen molar-refractivity contribution in [1.82, 2.24) is 0 Å². The fraction of sp³-hybridized carbons (Fsp3) is 0.471. The highest BCUT2D eigenvalue weighted by molar-refractivity contribution is 5.85. The first-order chi connectivity index (χ1) is 9.67. The third kappa shape index (κ3) is 5.91. The zero-order valence-corrected chi connectivity index (χ0v) is 12.4. The molecule has 0 saturated heterocycles. The maximum absolute atomic E-state index is 10.5. The lowest BCUT2D eigenvalue weighted by Gasteiger charge is -2.09. The number of carboxylic acids is 1. The van der Waals surface area contributed by atoms with Crippen molar-refractivity contribution in [3.63, 3.8) is 0 Å². The molecule has 0 bridgehead atoms. The highest BCUT2D eigenvalue weighted by atomic mass is 16.5. The Labute approximate surface area is 121 Å². The van der Waals surface area contributed by atoms with Crippen LogP contribution >= 0.6 is 0 Å². The number of ether oxygens (including phenoxy) is 1. The molecule has 0 unspecified atom stereocenters. The predicted molar refractivity (Wildman–Crippen MR) is 82.1 cm³/mol. The number of hydrogen-bond donors (Lipinski definition) is 1. The van der Waals surface area contributed by atoms with Gasteiger partial charge in [0.25, 0.3) is 0 Å². The molecule has 0 spiro atoms. The summed E-state index contributed by atoms with van der Waals surface area (Å²) in [5.41, 5.74) is 2.04. The van der Waals surface area contributed by atoms with Crippen LogP contribution in [0, 0.1) is 0 Å². The summed E-state index contributed by atoms with van der Waals surface area (Å²) < 4.78 is 5.39. The highest BCUT2D eigenvalue weighted by Gasteiger charge is 2.03. The maximum Gasteiger partial charge on any atom is 0.328 e. The molecule has 3 heteroatoms. The van der Waals surface area contributed by atoms with Gasteiger partial charge in [0.2, 0.25) is 0 Å². The largest absolute Gasteiger partial charge is 0.496 e. The average molecular weight is 276 g/mol. The molecule has 3 nitrogen and oxygen atoms in total. The standard InChI is InChI=1S/C17H24O3/c1-3-4-5-6-7-8-15-11-9-14(10-12-17(18)19)13-16(15)20-2/h9-13H,3-8H2,1-2H3,(H,18,19). The molecule has 0 aromatic heterocycles. The summed E-state index contributed by atoms with van der Waals surface area (Å²) >= 11 is 0. The van der Waals surface area contributed by atoms with E-state index >= 15 is 0 Å². The minimum Gasteiger partial charge on any atom is -0.496 e. The first-order valence-electron chi connectivity index (χ1n) is 7.25. The molecule has 20 heavy (non-hydrogen) atoms. The maximum atomic E-state index is 10.5. The first-order valence-corrected chi connectivity index (χ1v) is 7.25. The molecule has 0 aliphatic carbocycles. The van der Waals surface area contributed by atoms with Crippen molar-refractivity contribution in [3.8, 4) is 5.75 Å². The van der Waals surface area contributed by atoms with Gasteiger partial charge in [0.1, 0.15) is 5.75 Å². The molecule has 1 aromatic rings. The van der Waals surface area contributed by atoms with Gasteiger partial charge in [0, 0.05) is 6.08 Å². The van der Waals surface area contributed by atoms with Gasteiger partial charge >= 0.3 is 5.97 Å². The van der Waals surface area contributed by atoms with Gasteiger partial charge in [-0.15, -0.1) is 0 Å². The van der Waals surface area contributed by atoms with Gasteiger partial charge in [-0.25, -0.2) is 4.79 Å². The number of aryl methyl sites for hydroxylation is 1. The molecule has 0 radical (unpaired) electrons. The number of rotatable bonds is 9. The number of hydrogen-bond acceptors (Lipinski definition) is 2. The van der Waals surface area contributed by atoms with E-state index in [1.807, 2.05) is 18.2 Å². The molecule has 0 fully saturated rings. The molecular weight excluding hydrogens is 252 g/mol. The molecule has 0 atom stereocenters. The number of carboxylic acid groups (broad SMARTS) is 1. The summed E-state index contributed by atoms with van der Waals surface area (Å²) in [6, 6.07) is 5.85. The summed E-state index contributed by atoms with van der Waals surface area (Å²) in [6.07, 6.45) is 9.99. The Hall–Kier alpha value is -1.77. The molecule has 1 aromatic carbocycles. The predicted octanol–water partition coefficient (Wildman–Crippen LogP) is 4.31. The Bertz CT molecular complexity index is 450. The summed E-state index contributed by atoms with van der Waals surface area (Å²) in [5, 5.41) is 8.62. The Morgan fingerprint density at radius 2 is 2.00 bits per heavy atom. The van der Waals surface area contributed by atoms with Crippen molar-refractivity contribution in [2.75, 3.05) is 7.11 Å². The van der Waals surface area contributed by atoms with E-state index in [-0.39, 0.29) is 0 Å². The quantitative estimate of drug-likeness (QED) is 0.540. The molecule has 0 aliphatic heterocycles. The van der Waals surface area contributed by atoms with E-state index in [9.17, 15) is 4.79 Å². The number of carbonyl (C=O) groups is 1. The highest BCUT2D eigenvalue weighted by Crippen LogP contribution is 2.23. The fourth-order valence-corrected chi connectivity index (χ4v) is 2.16. The average Bonchev–Trinajstić information content (AvgIpc) is 2.45. The van der Waals surface area contributed by atoms with Gasteiger partial charge in [-0.2, -0.15) is 0 Å². The van der Waals surface area contributed by atoms with E-state index in [0.29, 0.717) is 0 Å². The lowest BCUT2D eigenvalue weighted by molar-refractivity contribution is -0.131. The van der Waals surface area contributed by atoms with Crippen LogP contribution in [0.2, 0.25) is 0 Å². The van der Waals surface area contributed by atoms with Crippen LogP contribution in [0.25, 0.3) is 6.08 Å². The lowest BCUT2D eigenvalue weighted by Crippen LogP contribution is -1.94. The van der Waals surface area contributed by atoms with Crippen LogP contribution in [0.15, 0.2) is 24.3 Å². The van der Waals surface area contributed by atoms with Crippen LogP contribution in [0.4, 0.5) is 0 Å². The number of aliphatic carboxylic acids is 1. The monoisotopic (exact) mass is 276 g/mol.